The van der Waals surface area contributed by atoms with Crippen LogP contribution in [0.25, 0.3) is 11.1 Å². The molecule has 1 atom stereocenters. The van der Waals surface area contributed by atoms with Crippen molar-refractivity contribution < 1.29 is 19.4 Å². The minimum Gasteiger partial charge on any atom is -0.479 e. The number of unbranched alkanes of at least 4 members (excludes halogenated alkanes) is 4. The maximum atomic E-state index is 12.6. The third-order valence-corrected chi connectivity index (χ3v) is 6.81. The van der Waals surface area contributed by atoms with Crippen LogP contribution < -0.4 is 10.2 Å². The summed E-state index contributed by atoms with van der Waals surface area (Å²) in [7, 11) is 1.78. The Hall–Kier alpha value is -2.86. The number of urea groups is 1. The summed E-state index contributed by atoms with van der Waals surface area (Å²) in [5, 5.41) is 12.6. The second kappa shape index (κ2) is 12.7. The van der Waals surface area contributed by atoms with E-state index >= 15 is 0 Å². The summed E-state index contributed by atoms with van der Waals surface area (Å²) >= 11 is 0. The lowest BCUT2D eigenvalue weighted by Crippen LogP contribution is -2.37. The number of hydrogen-bond donors (Lipinski definition) is 2. The summed E-state index contributed by atoms with van der Waals surface area (Å²) in [6.07, 6.45) is 7.52. The van der Waals surface area contributed by atoms with Crippen LogP contribution in [0.1, 0.15) is 64.4 Å². The molecule has 1 aliphatic carbocycles. The van der Waals surface area contributed by atoms with Gasteiger partial charge in [0.2, 0.25) is 0 Å². The number of hydrogen-bond acceptors (Lipinski definition) is 3. The highest BCUT2D eigenvalue weighted by atomic mass is 16.5. The number of carbonyl (C=O) groups excluding carboxylic acids is 1. The van der Waals surface area contributed by atoms with Gasteiger partial charge in [-0.15, -0.1) is 0 Å². The molecule has 6 heteroatoms. The first-order chi connectivity index (χ1) is 16.8. The predicted octanol–water partition coefficient (Wildman–Crippen LogP) is 6.28. The van der Waals surface area contributed by atoms with Crippen LogP contribution in [0.4, 0.5) is 10.5 Å². The molecule has 0 bridgehead atoms. The molecule has 0 saturated heterocycles. The van der Waals surface area contributed by atoms with E-state index in [1.165, 1.54) is 19.3 Å². The standard InChI is InChI=1S/C29H40N2O4/c1-4-5-6-7-8-18-30-28(34)31(3)25-11-9-10-24(20-25)23-14-12-22(13-15-23)19-26(27(32)33)35-21-29(2)16-17-29/h9-15,20,26H,4-8,16-19,21H2,1-3H3,(H,30,34)(H,32,33). The van der Waals surface area contributed by atoms with Gasteiger partial charge in [0.1, 0.15) is 0 Å². The third-order valence-electron chi connectivity index (χ3n) is 6.81. The Balaban J connectivity index is 1.56. The molecular weight excluding hydrogens is 440 g/mol. The molecule has 35 heavy (non-hydrogen) atoms. The largest absolute Gasteiger partial charge is 0.479 e. The summed E-state index contributed by atoms with van der Waals surface area (Å²) in [5.74, 6) is -0.923. The summed E-state index contributed by atoms with van der Waals surface area (Å²) in [5.41, 5.74) is 3.91. The Morgan fingerprint density at radius 1 is 1.06 bits per heavy atom. The molecule has 1 fully saturated rings. The molecule has 1 saturated carbocycles. The van der Waals surface area contributed by atoms with Crippen LogP contribution in [-0.2, 0) is 16.0 Å². The highest BCUT2D eigenvalue weighted by Crippen LogP contribution is 2.45. The maximum absolute atomic E-state index is 12.6. The normalized spacial score (nSPS) is 14.8. The summed E-state index contributed by atoms with van der Waals surface area (Å²) < 4.78 is 5.72. The van der Waals surface area contributed by atoms with Crippen molar-refractivity contribution in [3.05, 3.63) is 54.1 Å². The lowest BCUT2D eigenvalue weighted by atomic mass is 10.0. The van der Waals surface area contributed by atoms with Crippen molar-refractivity contribution in [3.8, 4) is 11.1 Å². The number of carbonyl (C=O) groups is 2. The first-order valence-electron chi connectivity index (χ1n) is 12.9. The molecule has 0 heterocycles. The zero-order chi connectivity index (χ0) is 25.3. The van der Waals surface area contributed by atoms with Crippen molar-refractivity contribution in [2.45, 2.75) is 71.3 Å². The fourth-order valence-corrected chi connectivity index (χ4v) is 3.98. The Bertz CT molecular complexity index is 969. The second-order valence-corrected chi connectivity index (χ2v) is 10.1. The van der Waals surface area contributed by atoms with Crippen LogP contribution in [0.5, 0.6) is 0 Å². The van der Waals surface area contributed by atoms with Crippen molar-refractivity contribution in [3.63, 3.8) is 0 Å². The topological polar surface area (TPSA) is 78.9 Å². The van der Waals surface area contributed by atoms with E-state index in [4.69, 9.17) is 4.74 Å². The molecule has 190 valence electrons. The number of anilines is 1. The van der Waals surface area contributed by atoms with Gasteiger partial charge < -0.3 is 15.2 Å². The SMILES string of the molecule is CCCCCCCNC(=O)N(C)c1cccc(-c2ccc(CC(OCC3(C)CC3)C(=O)O)cc2)c1. The number of benzene rings is 2. The van der Waals surface area contributed by atoms with E-state index in [2.05, 4.69) is 19.2 Å². The van der Waals surface area contributed by atoms with Gasteiger partial charge >= 0.3 is 12.0 Å². The maximum Gasteiger partial charge on any atom is 0.333 e. The van der Waals surface area contributed by atoms with Gasteiger partial charge in [-0.05, 0) is 53.5 Å². The summed E-state index contributed by atoms with van der Waals surface area (Å²) in [4.78, 5) is 25.8. The van der Waals surface area contributed by atoms with Crippen LogP contribution in [0, 0.1) is 5.41 Å². The molecule has 0 aromatic heterocycles. The van der Waals surface area contributed by atoms with Crippen molar-refractivity contribution in [2.75, 3.05) is 25.1 Å². The van der Waals surface area contributed by atoms with Crippen molar-refractivity contribution >= 4 is 17.7 Å². The molecule has 3 rings (SSSR count). The van der Waals surface area contributed by atoms with Crippen LogP contribution in [0.2, 0.25) is 0 Å². The Morgan fingerprint density at radius 2 is 1.77 bits per heavy atom. The molecule has 2 N–H and O–H groups in total. The molecule has 1 aliphatic rings. The smallest absolute Gasteiger partial charge is 0.333 e. The zero-order valence-corrected chi connectivity index (χ0v) is 21.4. The number of nitrogens with one attached hydrogen (secondary N) is 1. The predicted molar refractivity (Wildman–Crippen MR) is 141 cm³/mol. The number of nitrogens with zero attached hydrogens (tertiary/aromatic N) is 1. The molecule has 0 aliphatic heterocycles. The molecular formula is C29H40N2O4. The molecule has 2 aromatic rings. The van der Waals surface area contributed by atoms with E-state index in [9.17, 15) is 14.7 Å². The van der Waals surface area contributed by atoms with Gasteiger partial charge in [0.05, 0.1) is 6.61 Å². The van der Waals surface area contributed by atoms with Gasteiger partial charge in [0.15, 0.2) is 6.10 Å². The highest BCUT2D eigenvalue weighted by molar-refractivity contribution is 5.92. The zero-order valence-electron chi connectivity index (χ0n) is 21.4. The summed E-state index contributed by atoms with van der Waals surface area (Å²) in [6, 6.07) is 15.7. The first-order valence-corrected chi connectivity index (χ1v) is 12.9. The van der Waals surface area contributed by atoms with Gasteiger partial charge in [0.25, 0.3) is 0 Å². The van der Waals surface area contributed by atoms with Gasteiger partial charge in [0, 0.05) is 25.7 Å². The Kier molecular flexibility index (Phi) is 9.73. The first kappa shape index (κ1) is 26.7. The minimum atomic E-state index is -0.923. The molecule has 1 unspecified atom stereocenters. The van der Waals surface area contributed by atoms with Crippen LogP contribution in [-0.4, -0.2) is 43.4 Å². The van der Waals surface area contributed by atoms with E-state index in [0.717, 1.165) is 48.1 Å². The van der Waals surface area contributed by atoms with Crippen LogP contribution in [0.3, 0.4) is 0 Å². The van der Waals surface area contributed by atoms with E-state index in [1.54, 1.807) is 11.9 Å². The van der Waals surface area contributed by atoms with E-state index < -0.39 is 12.1 Å². The molecule has 2 aromatic carbocycles. The molecule has 6 nitrogen and oxygen atoms in total. The number of aliphatic carboxylic acids is 1. The van der Waals surface area contributed by atoms with Crippen LogP contribution in [0.15, 0.2) is 48.5 Å². The highest BCUT2D eigenvalue weighted by Gasteiger charge is 2.38. The van der Waals surface area contributed by atoms with Crippen molar-refractivity contribution in [1.82, 2.24) is 5.32 Å². The molecule has 2 amide bonds. The van der Waals surface area contributed by atoms with Gasteiger partial charge in [-0.25, -0.2) is 9.59 Å². The average molecular weight is 481 g/mol. The van der Waals surface area contributed by atoms with Gasteiger partial charge in [-0.1, -0.05) is 75.9 Å². The van der Waals surface area contributed by atoms with Crippen molar-refractivity contribution in [2.24, 2.45) is 5.41 Å². The van der Waals surface area contributed by atoms with Crippen molar-refractivity contribution in [1.29, 1.82) is 0 Å². The van der Waals surface area contributed by atoms with Gasteiger partial charge in [-0.2, -0.15) is 0 Å². The van der Waals surface area contributed by atoms with E-state index in [-0.39, 0.29) is 11.4 Å². The lowest BCUT2D eigenvalue weighted by molar-refractivity contribution is -0.151. The number of carboxylic acids is 1. The number of ether oxygens (including phenoxy) is 1. The summed E-state index contributed by atoms with van der Waals surface area (Å²) in [6.45, 7) is 5.51. The van der Waals surface area contributed by atoms with E-state index in [1.807, 2.05) is 48.5 Å². The quantitative estimate of drug-likeness (QED) is 0.312. The number of rotatable bonds is 14. The van der Waals surface area contributed by atoms with Crippen LogP contribution >= 0.6 is 0 Å². The fraction of sp³-hybridized carbons (Fsp3) is 0.517. The molecule has 0 spiro atoms. The minimum absolute atomic E-state index is 0.104. The van der Waals surface area contributed by atoms with E-state index in [0.29, 0.717) is 19.6 Å². The monoisotopic (exact) mass is 480 g/mol. The fourth-order valence-electron chi connectivity index (χ4n) is 3.98. The lowest BCUT2D eigenvalue weighted by Gasteiger charge is -2.19. The average Bonchev–Trinajstić information content (AvgIpc) is 3.60. The molecule has 0 radical (unpaired) electrons. The van der Waals surface area contributed by atoms with Gasteiger partial charge in [-0.3, -0.25) is 4.90 Å². The number of carboxylic acid groups (broad SMARTS) is 1. The Morgan fingerprint density at radius 3 is 2.43 bits per heavy atom. The third kappa shape index (κ3) is 8.39. The Labute approximate surface area is 209 Å². The second-order valence-electron chi connectivity index (χ2n) is 10.1. The number of amides is 2.